The number of morpholine rings is 1. The Morgan fingerprint density at radius 1 is 1.22 bits per heavy atom. The number of amides is 1. The quantitative estimate of drug-likeness (QED) is 0.566. The Labute approximate surface area is 207 Å². The van der Waals surface area contributed by atoms with Crippen molar-refractivity contribution in [3.05, 3.63) is 41.5 Å². The van der Waals surface area contributed by atoms with Gasteiger partial charge in [-0.1, -0.05) is 6.07 Å². The lowest BCUT2D eigenvalue weighted by atomic mass is 9.83. The minimum absolute atomic E-state index is 0.0493. The molecule has 0 aliphatic carbocycles. The Balaban J connectivity index is 1.10. The summed E-state index contributed by atoms with van der Waals surface area (Å²) in [6.45, 7) is 3.48. The molecule has 36 heavy (non-hydrogen) atoms. The van der Waals surface area contributed by atoms with Crippen molar-refractivity contribution in [1.82, 2.24) is 35.0 Å². The van der Waals surface area contributed by atoms with Crippen LogP contribution >= 0.6 is 0 Å². The van der Waals surface area contributed by atoms with Crippen LogP contribution in [0, 0.1) is 0 Å². The summed E-state index contributed by atoms with van der Waals surface area (Å²) in [5.74, 6) is 0.180. The largest absolute Gasteiger partial charge is 0.456 e. The van der Waals surface area contributed by atoms with Gasteiger partial charge in [0, 0.05) is 44.2 Å². The highest BCUT2D eigenvalue weighted by molar-refractivity contribution is 5.94. The molecule has 0 aromatic carbocycles. The van der Waals surface area contributed by atoms with E-state index in [0.29, 0.717) is 49.5 Å². The molecule has 1 spiro atoms. The number of ether oxygens (including phenoxy) is 2. The summed E-state index contributed by atoms with van der Waals surface area (Å²) in [5, 5.41) is 21.8. The van der Waals surface area contributed by atoms with Gasteiger partial charge in [0.1, 0.15) is 18.5 Å². The molecule has 6 heterocycles. The smallest absolute Gasteiger partial charge is 0.336 e. The molecule has 12 nitrogen and oxygen atoms in total. The molecular formula is C24H29N7O5. The number of aliphatic hydroxyl groups is 1. The van der Waals surface area contributed by atoms with E-state index in [2.05, 4.69) is 25.4 Å². The van der Waals surface area contributed by atoms with Crippen molar-refractivity contribution in [2.24, 2.45) is 0 Å². The van der Waals surface area contributed by atoms with E-state index in [1.807, 2.05) is 6.07 Å². The van der Waals surface area contributed by atoms with Gasteiger partial charge in [0.2, 0.25) is 0 Å². The van der Waals surface area contributed by atoms with Crippen LogP contribution in [0.3, 0.4) is 0 Å². The van der Waals surface area contributed by atoms with Crippen LogP contribution < -0.4 is 0 Å². The van der Waals surface area contributed by atoms with Gasteiger partial charge in [0.05, 0.1) is 24.0 Å². The number of aliphatic hydroxyl groups excluding tert-OH is 1. The molecule has 4 aliphatic rings. The average Bonchev–Trinajstić information content (AvgIpc) is 3.60. The molecular weight excluding hydrogens is 466 g/mol. The molecule has 3 fully saturated rings. The van der Waals surface area contributed by atoms with E-state index < -0.39 is 11.7 Å². The Hall–Kier alpha value is -3.22. The van der Waals surface area contributed by atoms with Gasteiger partial charge in [-0.2, -0.15) is 4.68 Å². The minimum atomic E-state index is -0.853. The predicted molar refractivity (Wildman–Crippen MR) is 123 cm³/mol. The summed E-state index contributed by atoms with van der Waals surface area (Å²) in [4.78, 5) is 34.0. The molecule has 1 amide bonds. The summed E-state index contributed by atoms with van der Waals surface area (Å²) in [5.41, 5.74) is 1.07. The van der Waals surface area contributed by atoms with Crippen LogP contribution in [0.25, 0.3) is 5.82 Å². The number of aromatic nitrogens is 5. The minimum Gasteiger partial charge on any atom is -0.456 e. The van der Waals surface area contributed by atoms with Crippen molar-refractivity contribution in [2.75, 3.05) is 26.3 Å². The van der Waals surface area contributed by atoms with Gasteiger partial charge in [-0.25, -0.2) is 9.78 Å². The zero-order valence-electron chi connectivity index (χ0n) is 20.1. The highest BCUT2D eigenvalue weighted by Crippen LogP contribution is 2.45. The van der Waals surface area contributed by atoms with Crippen molar-refractivity contribution < 1.29 is 24.2 Å². The molecule has 4 aliphatic heterocycles. The first-order valence-electron chi connectivity index (χ1n) is 12.4. The normalized spacial score (nSPS) is 29.3. The Morgan fingerprint density at radius 2 is 2.03 bits per heavy atom. The monoisotopic (exact) mass is 495 g/mol. The summed E-state index contributed by atoms with van der Waals surface area (Å²) in [7, 11) is 0. The fraction of sp³-hybridized carbons (Fsp3) is 0.583. The topological polar surface area (TPSA) is 136 Å². The zero-order valence-corrected chi connectivity index (χ0v) is 20.1. The highest BCUT2D eigenvalue weighted by Gasteiger charge is 2.56. The number of carbonyl (C=O) groups excluding carboxylic acids is 2. The van der Waals surface area contributed by atoms with Crippen LogP contribution in [0.2, 0.25) is 0 Å². The number of cyclic esters (lactones) is 1. The van der Waals surface area contributed by atoms with Crippen LogP contribution in [-0.4, -0.2) is 96.0 Å². The molecule has 6 rings (SSSR count). The third-order valence-corrected chi connectivity index (χ3v) is 8.03. The zero-order chi connectivity index (χ0) is 24.9. The SMILES string of the molecule is CC1=C(N2CCOC3(CC4CCC(C3)N4CC[C@H](O)c3ccc(-n4cnnn4)nc3)C2=O)COC1=O. The van der Waals surface area contributed by atoms with E-state index in [1.54, 1.807) is 24.1 Å². The third-order valence-electron chi connectivity index (χ3n) is 8.03. The van der Waals surface area contributed by atoms with Crippen LogP contribution in [0.1, 0.15) is 50.7 Å². The van der Waals surface area contributed by atoms with Gasteiger partial charge in [-0.05, 0) is 48.2 Å². The maximum atomic E-state index is 13.7. The number of hydrogen-bond donors (Lipinski definition) is 1. The maximum absolute atomic E-state index is 13.7. The number of hydrogen-bond acceptors (Lipinski definition) is 10. The number of esters is 1. The molecule has 2 aromatic rings. The maximum Gasteiger partial charge on any atom is 0.336 e. The van der Waals surface area contributed by atoms with Crippen molar-refractivity contribution in [3.63, 3.8) is 0 Å². The van der Waals surface area contributed by atoms with Gasteiger partial charge in [0.15, 0.2) is 5.82 Å². The summed E-state index contributed by atoms with van der Waals surface area (Å²) < 4.78 is 12.8. The number of tetrazole rings is 1. The molecule has 3 saturated heterocycles. The fourth-order valence-electron chi connectivity index (χ4n) is 6.14. The van der Waals surface area contributed by atoms with E-state index >= 15 is 0 Å². The molecule has 2 bridgehead atoms. The number of rotatable bonds is 6. The molecule has 0 saturated carbocycles. The first-order chi connectivity index (χ1) is 17.4. The van der Waals surface area contributed by atoms with E-state index in [-0.39, 0.29) is 30.6 Å². The molecule has 1 N–H and O–H groups in total. The Morgan fingerprint density at radius 3 is 2.67 bits per heavy atom. The lowest BCUT2D eigenvalue weighted by Crippen LogP contribution is -2.63. The summed E-state index contributed by atoms with van der Waals surface area (Å²) >= 11 is 0. The fourth-order valence-corrected chi connectivity index (χ4v) is 6.14. The van der Waals surface area contributed by atoms with Crippen LogP contribution in [0.4, 0.5) is 0 Å². The van der Waals surface area contributed by atoms with Crippen molar-refractivity contribution in [3.8, 4) is 5.82 Å². The first kappa shape index (κ1) is 23.2. The number of pyridine rings is 1. The summed E-state index contributed by atoms with van der Waals surface area (Å²) in [6, 6.07) is 4.06. The van der Waals surface area contributed by atoms with Gasteiger partial charge < -0.3 is 19.5 Å². The number of nitrogens with zero attached hydrogens (tertiary/aromatic N) is 7. The highest BCUT2D eigenvalue weighted by atomic mass is 16.5. The lowest BCUT2D eigenvalue weighted by Gasteiger charge is -2.49. The first-order valence-corrected chi connectivity index (χ1v) is 12.4. The van der Waals surface area contributed by atoms with E-state index in [1.165, 1.54) is 11.0 Å². The Kier molecular flexibility index (Phi) is 5.81. The number of piperidine rings is 1. The van der Waals surface area contributed by atoms with Crippen molar-refractivity contribution >= 4 is 11.9 Å². The molecule has 2 unspecified atom stereocenters. The molecule has 0 radical (unpaired) electrons. The second-order valence-electron chi connectivity index (χ2n) is 9.99. The van der Waals surface area contributed by atoms with E-state index in [9.17, 15) is 14.7 Å². The van der Waals surface area contributed by atoms with Gasteiger partial charge in [-0.15, -0.1) is 5.10 Å². The third kappa shape index (κ3) is 3.89. The van der Waals surface area contributed by atoms with Crippen molar-refractivity contribution in [2.45, 2.75) is 62.8 Å². The molecule has 3 atom stereocenters. The number of fused-ring (bicyclic) bond motifs is 2. The molecule has 190 valence electrons. The Bertz CT molecular complexity index is 1170. The predicted octanol–water partition coefficient (Wildman–Crippen LogP) is 0.536. The standard InChI is InChI=1S/C24H29N7O5/c1-15-19(13-35-22(15)33)30-8-9-36-24(23(30)34)10-17-3-4-18(11-24)29(17)7-6-20(32)16-2-5-21(25-12-16)31-14-26-27-28-31/h2,5,12,14,17-18,20,32H,3-4,6-11,13H2,1H3/t17?,18?,20-,24?/m0/s1. The second kappa shape index (κ2) is 9.02. The molecule has 12 heteroatoms. The van der Waals surface area contributed by atoms with E-state index in [4.69, 9.17) is 9.47 Å². The van der Waals surface area contributed by atoms with Crippen LogP contribution in [0.5, 0.6) is 0 Å². The van der Waals surface area contributed by atoms with E-state index in [0.717, 1.165) is 24.9 Å². The average molecular weight is 496 g/mol. The van der Waals surface area contributed by atoms with Crippen LogP contribution in [0.15, 0.2) is 35.9 Å². The summed E-state index contributed by atoms with van der Waals surface area (Å²) in [6.07, 6.45) is 6.30. The second-order valence-corrected chi connectivity index (χ2v) is 9.99. The van der Waals surface area contributed by atoms with Gasteiger partial charge >= 0.3 is 5.97 Å². The number of carbonyl (C=O) groups is 2. The van der Waals surface area contributed by atoms with Gasteiger partial charge in [0.25, 0.3) is 5.91 Å². The van der Waals surface area contributed by atoms with Gasteiger partial charge in [-0.3, -0.25) is 9.69 Å². The van der Waals surface area contributed by atoms with Crippen LogP contribution in [-0.2, 0) is 19.1 Å². The lowest BCUT2D eigenvalue weighted by molar-refractivity contribution is -0.182. The van der Waals surface area contributed by atoms with Crippen molar-refractivity contribution in [1.29, 1.82) is 0 Å². The molecule has 2 aromatic heterocycles.